The molecule has 0 radical (unpaired) electrons. The van der Waals surface area contributed by atoms with Crippen LogP contribution in [0.15, 0.2) is 18.3 Å². The Bertz CT molecular complexity index is 461. The number of hydrogen-bond acceptors (Lipinski definition) is 4. The maximum absolute atomic E-state index is 10.8. The summed E-state index contributed by atoms with van der Waals surface area (Å²) in [7, 11) is 0. The molecule has 6 heteroatoms. The van der Waals surface area contributed by atoms with E-state index in [2.05, 4.69) is 9.97 Å². The van der Waals surface area contributed by atoms with Gasteiger partial charge in [-0.15, -0.1) is 0 Å². The Labute approximate surface area is 83.2 Å². The summed E-state index contributed by atoms with van der Waals surface area (Å²) in [5.74, 6) is -1.07. The second-order valence-corrected chi connectivity index (χ2v) is 3.65. The number of thiazole rings is 1. The van der Waals surface area contributed by atoms with Crippen molar-refractivity contribution < 1.29 is 9.90 Å². The van der Waals surface area contributed by atoms with Crippen molar-refractivity contribution >= 4 is 22.4 Å². The van der Waals surface area contributed by atoms with Crippen LogP contribution in [0.2, 0.25) is 0 Å². The summed E-state index contributed by atoms with van der Waals surface area (Å²) in [6.07, 6.45) is 1.72. The normalized spacial score (nSPS) is 10.3. The molecule has 0 aliphatic rings. The number of nitrogens with one attached hydrogen (secondary N) is 1. The number of hydrogen-bond donors (Lipinski definition) is 3. The number of aromatic nitrogens is 2. The molecule has 2 heterocycles. The van der Waals surface area contributed by atoms with Crippen molar-refractivity contribution in [3.8, 4) is 10.6 Å². The Hall–Kier alpha value is -1.82. The van der Waals surface area contributed by atoms with Crippen LogP contribution in [0.5, 0.6) is 0 Å². The number of nitrogens with zero attached hydrogens (tertiary/aromatic N) is 1. The number of H-pyrrole nitrogens is 1. The van der Waals surface area contributed by atoms with Crippen LogP contribution < -0.4 is 5.73 Å². The molecule has 14 heavy (non-hydrogen) atoms. The third kappa shape index (κ3) is 1.35. The molecule has 4 N–H and O–H groups in total. The average molecular weight is 209 g/mol. The fourth-order valence-electron chi connectivity index (χ4n) is 1.14. The minimum Gasteiger partial charge on any atom is -0.476 e. The highest BCUT2D eigenvalue weighted by molar-refractivity contribution is 7.19. The summed E-state index contributed by atoms with van der Waals surface area (Å²) < 4.78 is 0. The highest BCUT2D eigenvalue weighted by Crippen LogP contribution is 2.30. The van der Waals surface area contributed by atoms with Crippen molar-refractivity contribution in [1.82, 2.24) is 9.97 Å². The third-order valence-electron chi connectivity index (χ3n) is 1.69. The molecule has 0 spiro atoms. The number of nitrogens with two attached hydrogens (primary N) is 1. The van der Waals surface area contributed by atoms with Crippen LogP contribution in [0.25, 0.3) is 10.6 Å². The Morgan fingerprint density at radius 3 is 3.00 bits per heavy atom. The lowest BCUT2D eigenvalue weighted by Crippen LogP contribution is -1.99. The van der Waals surface area contributed by atoms with Gasteiger partial charge in [0.2, 0.25) is 0 Å². The molecule has 0 unspecified atom stereocenters. The van der Waals surface area contributed by atoms with E-state index in [9.17, 15) is 4.79 Å². The van der Waals surface area contributed by atoms with Gasteiger partial charge < -0.3 is 15.8 Å². The largest absolute Gasteiger partial charge is 0.476 e. The second-order valence-electron chi connectivity index (χ2n) is 2.62. The average Bonchev–Trinajstić information content (AvgIpc) is 2.70. The van der Waals surface area contributed by atoms with Crippen LogP contribution in [0.3, 0.4) is 0 Å². The molecule has 0 fully saturated rings. The molecule has 0 saturated heterocycles. The predicted molar refractivity (Wildman–Crippen MR) is 53.3 cm³/mol. The van der Waals surface area contributed by atoms with Gasteiger partial charge in [-0.2, -0.15) is 0 Å². The topological polar surface area (TPSA) is 92.0 Å². The number of aromatic carboxylic acids is 1. The Balaban J connectivity index is 2.58. The number of rotatable bonds is 2. The van der Waals surface area contributed by atoms with Crippen molar-refractivity contribution in [1.29, 1.82) is 0 Å². The minimum absolute atomic E-state index is 0.00468. The van der Waals surface area contributed by atoms with E-state index in [1.807, 2.05) is 0 Å². The van der Waals surface area contributed by atoms with Gasteiger partial charge in [-0.3, -0.25) is 0 Å². The zero-order valence-electron chi connectivity index (χ0n) is 7.02. The standard InChI is InChI=1S/C8H7N3O2S/c9-8-11-5(7(12)13)6(14-8)4-2-1-3-10-4/h1-3,10H,(H2,9,11)(H,12,13). The van der Waals surface area contributed by atoms with Gasteiger partial charge in [0.15, 0.2) is 10.8 Å². The van der Waals surface area contributed by atoms with E-state index in [-0.39, 0.29) is 10.8 Å². The Morgan fingerprint density at radius 1 is 1.64 bits per heavy atom. The van der Waals surface area contributed by atoms with E-state index < -0.39 is 5.97 Å². The zero-order valence-corrected chi connectivity index (χ0v) is 7.84. The minimum atomic E-state index is -1.07. The number of anilines is 1. The van der Waals surface area contributed by atoms with Gasteiger partial charge in [-0.1, -0.05) is 11.3 Å². The second kappa shape index (κ2) is 3.15. The van der Waals surface area contributed by atoms with Gasteiger partial charge in [-0.25, -0.2) is 9.78 Å². The molecule has 0 aromatic carbocycles. The van der Waals surface area contributed by atoms with Gasteiger partial charge in [0, 0.05) is 6.20 Å². The van der Waals surface area contributed by atoms with Crippen LogP contribution >= 0.6 is 11.3 Å². The van der Waals surface area contributed by atoms with E-state index in [1.54, 1.807) is 18.3 Å². The first kappa shape index (κ1) is 8.76. The van der Waals surface area contributed by atoms with Crippen LogP contribution in [0.1, 0.15) is 10.5 Å². The van der Waals surface area contributed by atoms with E-state index in [0.29, 0.717) is 4.88 Å². The Morgan fingerprint density at radius 2 is 2.43 bits per heavy atom. The number of carbonyl (C=O) groups is 1. The summed E-state index contributed by atoms with van der Waals surface area (Å²) >= 11 is 1.15. The molecule has 0 bridgehead atoms. The van der Waals surface area contributed by atoms with Crippen LogP contribution in [0, 0.1) is 0 Å². The SMILES string of the molecule is Nc1nc(C(=O)O)c(-c2ccc[nH]2)s1. The first-order chi connectivity index (χ1) is 6.68. The first-order valence-corrected chi connectivity index (χ1v) is 4.63. The summed E-state index contributed by atoms with van der Waals surface area (Å²) in [6, 6.07) is 3.57. The van der Waals surface area contributed by atoms with E-state index >= 15 is 0 Å². The van der Waals surface area contributed by atoms with Crippen molar-refractivity contribution in [2.24, 2.45) is 0 Å². The molecule has 2 rings (SSSR count). The molecule has 0 aliphatic carbocycles. The lowest BCUT2D eigenvalue weighted by molar-refractivity contribution is 0.0692. The summed E-state index contributed by atoms with van der Waals surface area (Å²) in [5, 5.41) is 9.11. The van der Waals surface area contributed by atoms with Gasteiger partial charge in [0.1, 0.15) is 0 Å². The van der Waals surface area contributed by atoms with E-state index in [1.165, 1.54) is 0 Å². The van der Waals surface area contributed by atoms with Crippen LogP contribution in [0.4, 0.5) is 5.13 Å². The highest BCUT2D eigenvalue weighted by Gasteiger charge is 2.17. The van der Waals surface area contributed by atoms with Crippen molar-refractivity contribution in [3.63, 3.8) is 0 Å². The van der Waals surface area contributed by atoms with Gasteiger partial charge in [0.25, 0.3) is 0 Å². The van der Waals surface area contributed by atoms with Gasteiger partial charge >= 0.3 is 5.97 Å². The maximum Gasteiger partial charge on any atom is 0.356 e. The lowest BCUT2D eigenvalue weighted by atomic mass is 10.3. The number of aromatic amines is 1. The Kier molecular flexibility index (Phi) is 1.97. The van der Waals surface area contributed by atoms with Gasteiger partial charge in [-0.05, 0) is 12.1 Å². The number of carboxylic acid groups (broad SMARTS) is 1. The van der Waals surface area contributed by atoms with E-state index in [0.717, 1.165) is 17.0 Å². The first-order valence-electron chi connectivity index (χ1n) is 3.82. The summed E-state index contributed by atoms with van der Waals surface area (Å²) in [4.78, 5) is 18.0. The summed E-state index contributed by atoms with van der Waals surface area (Å²) in [5.41, 5.74) is 6.17. The van der Waals surface area contributed by atoms with Crippen molar-refractivity contribution in [2.45, 2.75) is 0 Å². The van der Waals surface area contributed by atoms with Crippen LogP contribution in [-0.2, 0) is 0 Å². The van der Waals surface area contributed by atoms with E-state index in [4.69, 9.17) is 10.8 Å². The number of carboxylic acids is 1. The third-order valence-corrected chi connectivity index (χ3v) is 2.61. The highest BCUT2D eigenvalue weighted by atomic mass is 32.1. The molecule has 2 aromatic heterocycles. The quantitative estimate of drug-likeness (QED) is 0.697. The molecule has 0 saturated carbocycles. The fourth-order valence-corrected chi connectivity index (χ4v) is 1.95. The zero-order chi connectivity index (χ0) is 10.1. The van der Waals surface area contributed by atoms with Crippen molar-refractivity contribution in [2.75, 3.05) is 5.73 Å². The molecule has 0 aliphatic heterocycles. The number of nitrogen functional groups attached to an aromatic ring is 1. The summed E-state index contributed by atoms with van der Waals surface area (Å²) in [6.45, 7) is 0. The molecule has 0 amide bonds. The molecule has 72 valence electrons. The maximum atomic E-state index is 10.8. The smallest absolute Gasteiger partial charge is 0.356 e. The van der Waals surface area contributed by atoms with Gasteiger partial charge in [0.05, 0.1) is 10.6 Å². The predicted octanol–water partition coefficient (Wildman–Crippen LogP) is 1.42. The lowest BCUT2D eigenvalue weighted by Gasteiger charge is -1.92. The molecule has 0 atom stereocenters. The molecular formula is C8H7N3O2S. The fraction of sp³-hybridized carbons (Fsp3) is 0. The van der Waals surface area contributed by atoms with Crippen molar-refractivity contribution in [3.05, 3.63) is 24.0 Å². The molecular weight excluding hydrogens is 202 g/mol. The monoisotopic (exact) mass is 209 g/mol. The molecule has 2 aromatic rings. The molecule has 5 nitrogen and oxygen atoms in total. The van der Waals surface area contributed by atoms with Crippen LogP contribution in [-0.4, -0.2) is 21.0 Å².